The zero-order valence-electron chi connectivity index (χ0n) is 13.3. The number of allylic oxidation sites excluding steroid dienone is 1. The Bertz CT molecular complexity index is 686. The van der Waals surface area contributed by atoms with Crippen LogP contribution >= 0.6 is 0 Å². The molecule has 0 unspecified atom stereocenters. The molecule has 1 aliphatic rings. The predicted octanol–water partition coefficient (Wildman–Crippen LogP) is 4.96. The lowest BCUT2D eigenvalue weighted by Crippen LogP contribution is -2.06. The highest BCUT2D eigenvalue weighted by Gasteiger charge is 2.17. The molecule has 0 radical (unpaired) electrons. The number of methoxy groups -OCH3 is 1. The Labute approximate surface area is 132 Å². The van der Waals surface area contributed by atoms with Crippen molar-refractivity contribution in [2.75, 3.05) is 7.11 Å². The molecule has 0 aliphatic carbocycles. The molecule has 0 spiro atoms. The van der Waals surface area contributed by atoms with E-state index < -0.39 is 0 Å². The maximum atomic E-state index is 5.90. The zero-order chi connectivity index (χ0) is 15.4. The van der Waals surface area contributed by atoms with Gasteiger partial charge in [-0.15, -0.1) is 0 Å². The van der Waals surface area contributed by atoms with E-state index in [1.54, 1.807) is 7.11 Å². The summed E-state index contributed by atoms with van der Waals surface area (Å²) < 4.78 is 11.3. The standard InChI is InChI=1S/C20H22O2/c1-3-4-8-20-18-9-6-5-7-15(18)13-22-14-16-12-17(21-2)10-11-19(16)20/h5-12H,3-4,13-14H2,1-2H3/b20-8-. The third kappa shape index (κ3) is 2.93. The van der Waals surface area contributed by atoms with E-state index in [0.29, 0.717) is 13.2 Å². The predicted molar refractivity (Wildman–Crippen MR) is 89.9 cm³/mol. The quantitative estimate of drug-likeness (QED) is 0.796. The Balaban J connectivity index is 2.17. The molecule has 0 atom stereocenters. The molecule has 0 N–H and O–H groups in total. The first-order valence-electron chi connectivity index (χ1n) is 7.87. The van der Waals surface area contributed by atoms with E-state index in [4.69, 9.17) is 9.47 Å². The second-order valence-corrected chi connectivity index (χ2v) is 5.58. The van der Waals surface area contributed by atoms with Gasteiger partial charge in [-0.05, 0) is 46.4 Å². The van der Waals surface area contributed by atoms with Crippen molar-refractivity contribution in [1.29, 1.82) is 0 Å². The Hall–Kier alpha value is -2.06. The molecule has 22 heavy (non-hydrogen) atoms. The molecule has 2 aromatic rings. The van der Waals surface area contributed by atoms with Crippen LogP contribution in [0, 0.1) is 0 Å². The lowest BCUT2D eigenvalue weighted by Gasteiger charge is -2.21. The molecule has 0 fully saturated rings. The number of unbranched alkanes of at least 4 members (excludes halogenated alkanes) is 1. The molecule has 2 aromatic carbocycles. The summed E-state index contributed by atoms with van der Waals surface area (Å²) >= 11 is 0. The summed E-state index contributed by atoms with van der Waals surface area (Å²) in [4.78, 5) is 0. The van der Waals surface area contributed by atoms with Gasteiger partial charge in [0.1, 0.15) is 5.75 Å². The van der Waals surface area contributed by atoms with Crippen molar-refractivity contribution in [2.45, 2.75) is 33.0 Å². The fourth-order valence-electron chi connectivity index (χ4n) is 2.91. The fraction of sp³-hybridized carbons (Fsp3) is 0.300. The molecular weight excluding hydrogens is 272 g/mol. The number of hydrogen-bond acceptors (Lipinski definition) is 2. The highest BCUT2D eigenvalue weighted by Crippen LogP contribution is 2.34. The van der Waals surface area contributed by atoms with Gasteiger partial charge in [-0.1, -0.05) is 49.8 Å². The SMILES string of the molecule is CCC/C=C1/c2ccccc2COCc2cc(OC)ccc21. The molecule has 0 saturated heterocycles. The van der Waals surface area contributed by atoms with Crippen molar-refractivity contribution in [1.82, 2.24) is 0 Å². The summed E-state index contributed by atoms with van der Waals surface area (Å²) in [6, 6.07) is 14.8. The monoisotopic (exact) mass is 294 g/mol. The van der Waals surface area contributed by atoms with Gasteiger partial charge in [0.15, 0.2) is 0 Å². The number of rotatable bonds is 3. The van der Waals surface area contributed by atoms with E-state index in [1.165, 1.54) is 27.8 Å². The molecule has 1 heterocycles. The summed E-state index contributed by atoms with van der Waals surface area (Å²) in [5, 5.41) is 0. The molecule has 2 heteroatoms. The topological polar surface area (TPSA) is 18.5 Å². The average molecular weight is 294 g/mol. The van der Waals surface area contributed by atoms with Gasteiger partial charge in [-0.2, -0.15) is 0 Å². The second kappa shape index (κ2) is 6.80. The van der Waals surface area contributed by atoms with Gasteiger partial charge in [0.25, 0.3) is 0 Å². The van der Waals surface area contributed by atoms with Gasteiger partial charge in [-0.3, -0.25) is 0 Å². The molecule has 0 saturated carbocycles. The number of benzene rings is 2. The van der Waals surface area contributed by atoms with Crippen molar-refractivity contribution in [3.63, 3.8) is 0 Å². The van der Waals surface area contributed by atoms with Crippen LogP contribution in [0.5, 0.6) is 5.75 Å². The van der Waals surface area contributed by atoms with Crippen LogP contribution in [0.25, 0.3) is 5.57 Å². The average Bonchev–Trinajstić information content (AvgIpc) is 2.55. The van der Waals surface area contributed by atoms with Crippen LogP contribution in [0.3, 0.4) is 0 Å². The maximum absolute atomic E-state index is 5.90. The summed E-state index contributed by atoms with van der Waals surface area (Å²) in [5.74, 6) is 0.881. The van der Waals surface area contributed by atoms with E-state index in [2.05, 4.69) is 49.4 Å². The van der Waals surface area contributed by atoms with Crippen molar-refractivity contribution < 1.29 is 9.47 Å². The van der Waals surface area contributed by atoms with Crippen LogP contribution < -0.4 is 4.74 Å². The molecule has 3 rings (SSSR count). The van der Waals surface area contributed by atoms with Crippen molar-refractivity contribution in [2.24, 2.45) is 0 Å². The van der Waals surface area contributed by atoms with Gasteiger partial charge in [0.2, 0.25) is 0 Å². The van der Waals surface area contributed by atoms with E-state index in [9.17, 15) is 0 Å². The van der Waals surface area contributed by atoms with E-state index in [-0.39, 0.29) is 0 Å². The first-order valence-corrected chi connectivity index (χ1v) is 7.87. The van der Waals surface area contributed by atoms with Crippen LogP contribution in [0.2, 0.25) is 0 Å². The normalized spacial score (nSPS) is 15.6. The van der Waals surface area contributed by atoms with Crippen molar-refractivity contribution >= 4 is 5.57 Å². The highest BCUT2D eigenvalue weighted by atomic mass is 16.5. The number of hydrogen-bond donors (Lipinski definition) is 0. The van der Waals surface area contributed by atoms with E-state index in [1.807, 2.05) is 6.07 Å². The molecule has 2 nitrogen and oxygen atoms in total. The Kier molecular flexibility index (Phi) is 4.59. The largest absolute Gasteiger partial charge is 0.497 e. The minimum absolute atomic E-state index is 0.615. The van der Waals surface area contributed by atoms with Crippen molar-refractivity contribution in [3.05, 3.63) is 70.8 Å². The molecule has 1 aliphatic heterocycles. The summed E-state index contributed by atoms with van der Waals surface area (Å²) in [6.45, 7) is 3.48. The van der Waals surface area contributed by atoms with E-state index in [0.717, 1.165) is 18.6 Å². The Morgan fingerprint density at radius 2 is 1.82 bits per heavy atom. The van der Waals surface area contributed by atoms with Gasteiger partial charge in [-0.25, -0.2) is 0 Å². The van der Waals surface area contributed by atoms with Crippen LogP contribution in [0.15, 0.2) is 48.5 Å². The van der Waals surface area contributed by atoms with Gasteiger partial charge in [0.05, 0.1) is 20.3 Å². The molecular formula is C20H22O2. The minimum atomic E-state index is 0.615. The molecule has 0 amide bonds. The smallest absolute Gasteiger partial charge is 0.119 e. The third-order valence-electron chi connectivity index (χ3n) is 4.06. The lowest BCUT2D eigenvalue weighted by atomic mass is 9.89. The summed E-state index contributed by atoms with van der Waals surface area (Å²) in [6.07, 6.45) is 4.58. The number of fused-ring (bicyclic) bond motifs is 2. The Morgan fingerprint density at radius 1 is 1.05 bits per heavy atom. The second-order valence-electron chi connectivity index (χ2n) is 5.58. The van der Waals surface area contributed by atoms with Gasteiger partial charge < -0.3 is 9.47 Å². The minimum Gasteiger partial charge on any atom is -0.497 e. The molecule has 114 valence electrons. The van der Waals surface area contributed by atoms with E-state index >= 15 is 0 Å². The van der Waals surface area contributed by atoms with Crippen LogP contribution in [0.4, 0.5) is 0 Å². The zero-order valence-corrected chi connectivity index (χ0v) is 13.3. The van der Waals surface area contributed by atoms with Crippen molar-refractivity contribution in [3.8, 4) is 5.75 Å². The maximum Gasteiger partial charge on any atom is 0.119 e. The molecule has 0 aromatic heterocycles. The summed E-state index contributed by atoms with van der Waals surface area (Å²) in [7, 11) is 1.70. The highest BCUT2D eigenvalue weighted by molar-refractivity contribution is 5.83. The lowest BCUT2D eigenvalue weighted by molar-refractivity contribution is 0.106. The fourth-order valence-corrected chi connectivity index (χ4v) is 2.91. The third-order valence-corrected chi connectivity index (χ3v) is 4.06. The van der Waals surface area contributed by atoms with Crippen LogP contribution in [-0.4, -0.2) is 7.11 Å². The first-order chi connectivity index (χ1) is 10.8. The van der Waals surface area contributed by atoms with Crippen LogP contribution in [-0.2, 0) is 18.0 Å². The molecule has 0 bridgehead atoms. The number of ether oxygens (including phenoxy) is 2. The van der Waals surface area contributed by atoms with Crippen LogP contribution in [0.1, 0.15) is 42.0 Å². The summed E-state index contributed by atoms with van der Waals surface area (Å²) in [5.41, 5.74) is 6.30. The first kappa shape index (κ1) is 14.9. The Morgan fingerprint density at radius 3 is 2.64 bits per heavy atom. The van der Waals surface area contributed by atoms with Gasteiger partial charge in [0, 0.05) is 0 Å². The van der Waals surface area contributed by atoms with Gasteiger partial charge >= 0.3 is 0 Å².